The van der Waals surface area contributed by atoms with E-state index < -0.39 is 11.0 Å². The highest BCUT2D eigenvalue weighted by Gasteiger charge is 2.34. The fourth-order valence-electron chi connectivity index (χ4n) is 5.01. The Hall–Kier alpha value is -1.52. The number of ether oxygens (including phenoxy) is 2. The lowest BCUT2D eigenvalue weighted by molar-refractivity contribution is -0.136. The van der Waals surface area contributed by atoms with Crippen LogP contribution >= 0.6 is 0 Å². The first-order valence-electron chi connectivity index (χ1n) is 12.3. The zero-order valence-electron chi connectivity index (χ0n) is 21.7. The molecule has 9 heteroatoms. The lowest BCUT2D eigenvalue weighted by Crippen LogP contribution is -2.48. The molecule has 2 aliphatic rings. The third-order valence-corrected chi connectivity index (χ3v) is 9.02. The van der Waals surface area contributed by atoms with Crippen LogP contribution < -0.4 is 4.74 Å². The number of rotatable bonds is 10. The SMILES string of the molecule is COc1cc(C)c(S(=O)N(C)CCOCC(=O)N(C)[C@@H]2CCC(N3CCN(C)CC3)C2)c(C)c1. The summed E-state index contributed by atoms with van der Waals surface area (Å²) in [4.78, 5) is 20.4. The van der Waals surface area contributed by atoms with Gasteiger partial charge in [-0.3, -0.25) is 9.69 Å². The first-order chi connectivity index (χ1) is 16.2. The molecule has 3 rings (SSSR count). The van der Waals surface area contributed by atoms with Gasteiger partial charge in [0.05, 0.1) is 18.6 Å². The van der Waals surface area contributed by atoms with Crippen LogP contribution in [0.2, 0.25) is 0 Å². The molecular weight excluding hydrogens is 452 g/mol. The number of nitrogens with zero attached hydrogens (tertiary/aromatic N) is 4. The van der Waals surface area contributed by atoms with Gasteiger partial charge in [0.1, 0.15) is 23.3 Å². The first-order valence-corrected chi connectivity index (χ1v) is 13.4. The van der Waals surface area contributed by atoms with Crippen molar-refractivity contribution in [2.24, 2.45) is 0 Å². The van der Waals surface area contributed by atoms with Crippen LogP contribution in [0.3, 0.4) is 0 Å². The Balaban J connectivity index is 1.40. The maximum atomic E-state index is 13.0. The molecule has 0 spiro atoms. The molecule has 8 nitrogen and oxygen atoms in total. The molecule has 0 radical (unpaired) electrons. The molecular formula is C25H42N4O4S. The summed E-state index contributed by atoms with van der Waals surface area (Å²) in [6.07, 6.45) is 3.27. The van der Waals surface area contributed by atoms with Crippen molar-refractivity contribution >= 4 is 16.9 Å². The van der Waals surface area contributed by atoms with E-state index >= 15 is 0 Å². The van der Waals surface area contributed by atoms with Crippen LogP contribution in [-0.2, 0) is 20.5 Å². The summed E-state index contributed by atoms with van der Waals surface area (Å²) in [5.74, 6) is 0.788. The molecule has 0 bridgehead atoms. The van der Waals surface area contributed by atoms with E-state index in [4.69, 9.17) is 9.47 Å². The standard InChI is InChI=1S/C25H42N4O4S/c1-19-15-23(32-6)16-20(2)25(19)34(31)27(4)13-14-33-18-24(30)28(5)21-7-8-22(17-21)29-11-9-26(3)10-12-29/h15-16,21-22H,7-14,17-18H2,1-6H3/t21-,22?,34?/m1/s1. The van der Waals surface area contributed by atoms with Gasteiger partial charge in [0.2, 0.25) is 5.91 Å². The van der Waals surface area contributed by atoms with E-state index in [9.17, 15) is 9.00 Å². The summed E-state index contributed by atoms with van der Waals surface area (Å²) in [5.41, 5.74) is 1.87. The number of aryl methyl sites for hydroxylation is 2. The Morgan fingerprint density at radius 1 is 1.12 bits per heavy atom. The maximum absolute atomic E-state index is 13.0. The van der Waals surface area contributed by atoms with Crippen molar-refractivity contribution in [3.63, 3.8) is 0 Å². The molecule has 2 unspecified atom stereocenters. The van der Waals surface area contributed by atoms with Crippen LogP contribution in [0.25, 0.3) is 0 Å². The molecule has 2 fully saturated rings. The molecule has 0 aromatic heterocycles. The van der Waals surface area contributed by atoms with Gasteiger partial charge in [-0.15, -0.1) is 0 Å². The molecule has 1 aliphatic carbocycles. The number of benzene rings is 1. The van der Waals surface area contributed by atoms with Crippen molar-refractivity contribution < 1.29 is 18.5 Å². The van der Waals surface area contributed by atoms with Gasteiger partial charge in [0.25, 0.3) is 0 Å². The third-order valence-electron chi connectivity index (χ3n) is 7.28. The maximum Gasteiger partial charge on any atom is 0.248 e. The van der Waals surface area contributed by atoms with Crippen molar-refractivity contribution in [3.8, 4) is 5.75 Å². The predicted molar refractivity (Wildman–Crippen MR) is 136 cm³/mol. The highest BCUT2D eigenvalue weighted by atomic mass is 32.2. The summed E-state index contributed by atoms with van der Waals surface area (Å²) in [5, 5.41) is 0. The van der Waals surface area contributed by atoms with E-state index in [1.807, 2.05) is 45.0 Å². The normalized spacial score (nSPS) is 22.8. The third kappa shape index (κ3) is 6.79. The molecule has 0 N–H and O–H groups in total. The molecule has 1 amide bonds. The van der Waals surface area contributed by atoms with Crippen molar-refractivity contribution in [1.29, 1.82) is 0 Å². The van der Waals surface area contributed by atoms with Gasteiger partial charge in [0.15, 0.2) is 0 Å². The van der Waals surface area contributed by atoms with Gasteiger partial charge in [0, 0.05) is 58.9 Å². The molecule has 1 saturated carbocycles. The van der Waals surface area contributed by atoms with Crippen LogP contribution in [0.4, 0.5) is 0 Å². The van der Waals surface area contributed by atoms with Crippen LogP contribution in [0, 0.1) is 13.8 Å². The van der Waals surface area contributed by atoms with E-state index in [2.05, 4.69) is 16.8 Å². The number of amides is 1. The molecule has 1 aromatic carbocycles. The van der Waals surface area contributed by atoms with Crippen LogP contribution in [0.5, 0.6) is 5.75 Å². The van der Waals surface area contributed by atoms with Gasteiger partial charge in [-0.05, 0) is 63.4 Å². The Morgan fingerprint density at radius 2 is 1.76 bits per heavy atom. The van der Waals surface area contributed by atoms with Gasteiger partial charge >= 0.3 is 0 Å². The molecule has 3 atom stereocenters. The quantitative estimate of drug-likeness (QED) is 0.463. The average Bonchev–Trinajstić information content (AvgIpc) is 3.31. The Bertz CT molecular complexity index is 836. The van der Waals surface area contributed by atoms with Crippen molar-refractivity contribution in [2.45, 2.75) is 50.1 Å². The molecule has 192 valence electrons. The van der Waals surface area contributed by atoms with E-state index in [0.29, 0.717) is 19.2 Å². The summed E-state index contributed by atoms with van der Waals surface area (Å²) in [6, 6.07) is 4.67. The Morgan fingerprint density at radius 3 is 2.38 bits per heavy atom. The van der Waals surface area contributed by atoms with Crippen LogP contribution in [0.1, 0.15) is 30.4 Å². The number of carbonyl (C=O) groups excluding carboxylic acids is 1. The van der Waals surface area contributed by atoms with Crippen molar-refractivity contribution in [2.75, 3.05) is 74.2 Å². The smallest absolute Gasteiger partial charge is 0.248 e. The Kier molecular flexibility index (Phi) is 9.91. The van der Waals surface area contributed by atoms with Gasteiger partial charge in [-0.2, -0.15) is 0 Å². The van der Waals surface area contributed by atoms with Crippen molar-refractivity contribution in [3.05, 3.63) is 23.3 Å². The lowest BCUT2D eigenvalue weighted by Gasteiger charge is -2.36. The number of piperazine rings is 1. The minimum atomic E-state index is -1.30. The molecule has 1 aliphatic heterocycles. The topological polar surface area (TPSA) is 65.6 Å². The second kappa shape index (κ2) is 12.4. The number of hydrogen-bond donors (Lipinski definition) is 0. The van der Waals surface area contributed by atoms with E-state index in [0.717, 1.165) is 67.2 Å². The zero-order chi connectivity index (χ0) is 24.8. The summed E-state index contributed by atoms with van der Waals surface area (Å²) >= 11 is 0. The number of likely N-dealkylation sites (N-methyl/N-ethyl adjacent to an activating group) is 3. The molecule has 1 aromatic rings. The highest BCUT2D eigenvalue weighted by molar-refractivity contribution is 7.82. The second-order valence-electron chi connectivity index (χ2n) is 9.71. The number of methoxy groups -OCH3 is 1. The zero-order valence-corrected chi connectivity index (χ0v) is 22.5. The fourth-order valence-corrected chi connectivity index (χ4v) is 6.23. The molecule has 1 heterocycles. The lowest BCUT2D eigenvalue weighted by atomic mass is 10.1. The minimum absolute atomic E-state index is 0.0228. The summed E-state index contributed by atoms with van der Waals surface area (Å²) in [6.45, 7) is 9.28. The van der Waals surface area contributed by atoms with E-state index in [1.54, 1.807) is 11.4 Å². The minimum Gasteiger partial charge on any atom is -0.497 e. The van der Waals surface area contributed by atoms with Crippen molar-refractivity contribution in [1.82, 2.24) is 19.0 Å². The second-order valence-corrected chi connectivity index (χ2v) is 11.2. The fraction of sp³-hybridized carbons (Fsp3) is 0.720. The number of carbonyl (C=O) groups is 1. The van der Waals surface area contributed by atoms with Gasteiger partial charge < -0.3 is 19.3 Å². The van der Waals surface area contributed by atoms with Gasteiger partial charge in [-0.1, -0.05) is 0 Å². The number of hydrogen-bond acceptors (Lipinski definition) is 6. The van der Waals surface area contributed by atoms with Gasteiger partial charge in [-0.25, -0.2) is 8.51 Å². The summed E-state index contributed by atoms with van der Waals surface area (Å²) in [7, 11) is 6.22. The monoisotopic (exact) mass is 494 g/mol. The highest BCUT2D eigenvalue weighted by Crippen LogP contribution is 2.28. The first kappa shape index (κ1) is 27.1. The molecule has 1 saturated heterocycles. The van der Waals surface area contributed by atoms with Crippen LogP contribution in [0.15, 0.2) is 17.0 Å². The Labute approximate surface area is 207 Å². The summed E-state index contributed by atoms with van der Waals surface area (Å²) < 4.78 is 25.8. The largest absolute Gasteiger partial charge is 0.497 e. The van der Waals surface area contributed by atoms with E-state index in [-0.39, 0.29) is 18.6 Å². The molecule has 34 heavy (non-hydrogen) atoms. The van der Waals surface area contributed by atoms with E-state index in [1.165, 1.54) is 0 Å². The average molecular weight is 495 g/mol. The predicted octanol–water partition coefficient (Wildman–Crippen LogP) is 1.91. The van der Waals surface area contributed by atoms with Crippen LogP contribution in [-0.4, -0.2) is 115 Å².